The number of ether oxygens (including phenoxy) is 1. The molecule has 1 atom stereocenters. The quantitative estimate of drug-likeness (QED) is 0.660. The molecule has 0 saturated heterocycles. The fourth-order valence-electron chi connectivity index (χ4n) is 2.75. The van der Waals surface area contributed by atoms with Gasteiger partial charge in [-0.05, 0) is 41.8 Å². The van der Waals surface area contributed by atoms with E-state index in [4.69, 9.17) is 4.74 Å². The number of rotatable bonds is 4. The van der Waals surface area contributed by atoms with Crippen LogP contribution >= 0.6 is 0 Å². The molecular formula is C20H20O4. The predicted molar refractivity (Wildman–Crippen MR) is 92.5 cm³/mol. The lowest BCUT2D eigenvalue weighted by atomic mass is 9.98. The zero-order chi connectivity index (χ0) is 17.3. The topological polar surface area (TPSA) is 66.8 Å². The van der Waals surface area contributed by atoms with Gasteiger partial charge in [-0.1, -0.05) is 32.1 Å². The summed E-state index contributed by atoms with van der Waals surface area (Å²) in [5.41, 5.74) is 1.78. The molecule has 4 nitrogen and oxygen atoms in total. The predicted octanol–water partition coefficient (Wildman–Crippen LogP) is 3.95. The maximum Gasteiger partial charge on any atom is 0.189 e. The number of aromatic hydroxyl groups is 2. The second-order valence-electron chi connectivity index (χ2n) is 6.33. The normalized spacial score (nSPS) is 16.4. The number of allylic oxidation sites excluding steroid dienone is 1. The number of hydrogen-bond donors (Lipinski definition) is 2. The first kappa shape index (κ1) is 16.1. The molecular weight excluding hydrogens is 304 g/mol. The van der Waals surface area contributed by atoms with E-state index in [1.54, 1.807) is 42.5 Å². The minimum absolute atomic E-state index is 0.0102. The van der Waals surface area contributed by atoms with E-state index in [0.29, 0.717) is 23.7 Å². The summed E-state index contributed by atoms with van der Waals surface area (Å²) in [6.45, 7) is 4.14. The van der Waals surface area contributed by atoms with Gasteiger partial charge in [0.2, 0.25) is 0 Å². The van der Waals surface area contributed by atoms with Crippen molar-refractivity contribution in [3.05, 3.63) is 59.2 Å². The van der Waals surface area contributed by atoms with E-state index in [2.05, 4.69) is 13.8 Å². The van der Waals surface area contributed by atoms with E-state index in [9.17, 15) is 15.0 Å². The third-order valence-electron chi connectivity index (χ3n) is 4.25. The van der Waals surface area contributed by atoms with E-state index in [1.807, 2.05) is 0 Å². The van der Waals surface area contributed by atoms with Crippen LogP contribution in [-0.4, -0.2) is 22.1 Å². The van der Waals surface area contributed by atoms with Crippen molar-refractivity contribution >= 4 is 11.9 Å². The fourth-order valence-corrected chi connectivity index (χ4v) is 2.75. The van der Waals surface area contributed by atoms with Crippen molar-refractivity contribution in [2.45, 2.75) is 26.4 Å². The first-order valence-electron chi connectivity index (χ1n) is 7.98. The van der Waals surface area contributed by atoms with Gasteiger partial charge >= 0.3 is 0 Å². The number of phenolic OH excluding ortho intramolecular Hbond substituents is 2. The van der Waals surface area contributed by atoms with Gasteiger partial charge in [0.15, 0.2) is 5.78 Å². The van der Waals surface area contributed by atoms with Crippen molar-refractivity contribution in [1.29, 1.82) is 0 Å². The van der Waals surface area contributed by atoms with Crippen LogP contribution in [0.3, 0.4) is 0 Å². The van der Waals surface area contributed by atoms with Crippen molar-refractivity contribution in [1.82, 2.24) is 0 Å². The highest BCUT2D eigenvalue weighted by Gasteiger charge is 2.29. The highest BCUT2D eigenvalue weighted by Crippen LogP contribution is 2.39. The minimum atomic E-state index is -0.267. The first-order chi connectivity index (χ1) is 11.5. The van der Waals surface area contributed by atoms with Crippen LogP contribution in [0.15, 0.2) is 42.5 Å². The number of ketones is 1. The average Bonchev–Trinajstić information content (AvgIpc) is 3.00. The average molecular weight is 324 g/mol. The Hall–Kier alpha value is -2.75. The Morgan fingerprint density at radius 2 is 1.88 bits per heavy atom. The largest absolute Gasteiger partial charge is 0.508 e. The van der Waals surface area contributed by atoms with E-state index in [0.717, 1.165) is 5.56 Å². The monoisotopic (exact) mass is 324 g/mol. The Labute approximate surface area is 141 Å². The summed E-state index contributed by atoms with van der Waals surface area (Å²) in [6.07, 6.45) is 3.72. The Kier molecular flexibility index (Phi) is 4.30. The zero-order valence-corrected chi connectivity index (χ0v) is 13.7. The van der Waals surface area contributed by atoms with Gasteiger partial charge in [0.25, 0.3) is 0 Å². The summed E-state index contributed by atoms with van der Waals surface area (Å²) in [5.74, 6) is 0.914. The van der Waals surface area contributed by atoms with E-state index in [1.165, 1.54) is 6.08 Å². The molecule has 0 aromatic heterocycles. The van der Waals surface area contributed by atoms with Gasteiger partial charge in [0.05, 0.1) is 5.56 Å². The molecule has 2 aromatic carbocycles. The molecule has 24 heavy (non-hydrogen) atoms. The van der Waals surface area contributed by atoms with Crippen molar-refractivity contribution in [2.75, 3.05) is 0 Å². The molecule has 0 unspecified atom stereocenters. The Balaban J connectivity index is 1.82. The SMILES string of the molecule is CC(C)[C@@H]1Cc2c(ccc(C(=O)C=Cc3ccc(O)cc3)c2O)O1. The lowest BCUT2D eigenvalue weighted by molar-refractivity contribution is 0.104. The molecule has 1 aliphatic heterocycles. The van der Waals surface area contributed by atoms with Crippen LogP contribution < -0.4 is 4.74 Å². The molecule has 0 bridgehead atoms. The van der Waals surface area contributed by atoms with E-state index < -0.39 is 0 Å². The number of benzene rings is 2. The number of fused-ring (bicyclic) bond motifs is 1. The summed E-state index contributed by atoms with van der Waals surface area (Å²) < 4.78 is 5.81. The van der Waals surface area contributed by atoms with Crippen molar-refractivity contribution in [2.24, 2.45) is 5.92 Å². The lowest BCUT2D eigenvalue weighted by Crippen LogP contribution is -2.19. The third-order valence-corrected chi connectivity index (χ3v) is 4.25. The van der Waals surface area contributed by atoms with Gasteiger partial charge in [0, 0.05) is 12.0 Å². The van der Waals surface area contributed by atoms with Crippen LogP contribution in [0, 0.1) is 5.92 Å². The molecule has 2 N–H and O–H groups in total. The number of hydrogen-bond acceptors (Lipinski definition) is 4. The summed E-state index contributed by atoms with van der Waals surface area (Å²) in [5, 5.41) is 19.7. The van der Waals surface area contributed by atoms with Gasteiger partial charge in [-0.25, -0.2) is 0 Å². The van der Waals surface area contributed by atoms with Gasteiger partial charge < -0.3 is 14.9 Å². The Morgan fingerprint density at radius 1 is 1.17 bits per heavy atom. The Morgan fingerprint density at radius 3 is 2.54 bits per heavy atom. The van der Waals surface area contributed by atoms with Crippen LogP contribution in [0.4, 0.5) is 0 Å². The second kappa shape index (κ2) is 6.40. The number of carbonyl (C=O) groups excluding carboxylic acids is 1. The minimum Gasteiger partial charge on any atom is -0.508 e. The van der Waals surface area contributed by atoms with Crippen molar-refractivity contribution in [3.63, 3.8) is 0 Å². The molecule has 3 rings (SSSR count). The van der Waals surface area contributed by atoms with Crippen molar-refractivity contribution < 1.29 is 19.7 Å². The van der Waals surface area contributed by atoms with Crippen LogP contribution in [0.5, 0.6) is 17.2 Å². The van der Waals surface area contributed by atoms with Crippen LogP contribution in [0.1, 0.15) is 35.3 Å². The molecule has 1 heterocycles. The van der Waals surface area contributed by atoms with Crippen LogP contribution in [-0.2, 0) is 6.42 Å². The number of carbonyl (C=O) groups is 1. The zero-order valence-electron chi connectivity index (χ0n) is 13.7. The lowest BCUT2D eigenvalue weighted by Gasteiger charge is -2.13. The van der Waals surface area contributed by atoms with E-state index >= 15 is 0 Å². The molecule has 2 aromatic rings. The highest BCUT2D eigenvalue weighted by atomic mass is 16.5. The van der Waals surface area contributed by atoms with Crippen molar-refractivity contribution in [3.8, 4) is 17.2 Å². The Bertz CT molecular complexity index is 788. The molecule has 4 heteroatoms. The van der Waals surface area contributed by atoms with Gasteiger partial charge in [0.1, 0.15) is 23.4 Å². The summed E-state index contributed by atoms with van der Waals surface area (Å²) in [6, 6.07) is 9.88. The standard InChI is InChI=1S/C20H20O4/c1-12(2)19-11-16-18(24-19)10-8-15(20(16)23)17(22)9-5-13-3-6-14(21)7-4-13/h3-10,12,19,21,23H,11H2,1-2H3/t19-/m0/s1. The second-order valence-corrected chi connectivity index (χ2v) is 6.33. The molecule has 0 radical (unpaired) electrons. The highest BCUT2D eigenvalue weighted by molar-refractivity contribution is 6.09. The number of phenols is 2. The maximum absolute atomic E-state index is 12.4. The summed E-state index contributed by atoms with van der Waals surface area (Å²) >= 11 is 0. The van der Waals surface area contributed by atoms with Gasteiger partial charge in [-0.2, -0.15) is 0 Å². The van der Waals surface area contributed by atoms with Crippen LogP contribution in [0.2, 0.25) is 0 Å². The molecule has 0 amide bonds. The first-order valence-corrected chi connectivity index (χ1v) is 7.98. The maximum atomic E-state index is 12.4. The van der Waals surface area contributed by atoms with Crippen LogP contribution in [0.25, 0.3) is 6.08 Å². The molecule has 0 spiro atoms. The van der Waals surface area contributed by atoms with Gasteiger partial charge in [-0.3, -0.25) is 4.79 Å². The fraction of sp³-hybridized carbons (Fsp3) is 0.250. The molecule has 0 aliphatic carbocycles. The molecule has 124 valence electrons. The smallest absolute Gasteiger partial charge is 0.189 e. The molecule has 0 fully saturated rings. The summed E-state index contributed by atoms with van der Waals surface area (Å²) in [7, 11) is 0. The molecule has 0 saturated carbocycles. The third kappa shape index (κ3) is 3.13. The van der Waals surface area contributed by atoms with E-state index in [-0.39, 0.29) is 28.9 Å². The molecule has 1 aliphatic rings. The summed E-state index contributed by atoms with van der Waals surface area (Å²) in [4.78, 5) is 12.4. The van der Waals surface area contributed by atoms with Gasteiger partial charge in [-0.15, -0.1) is 0 Å².